The molecule has 0 heterocycles. The number of anilines is 3. The first-order valence-electron chi connectivity index (χ1n) is 20.2. The zero-order valence-corrected chi connectivity index (χ0v) is 32.8. The van der Waals surface area contributed by atoms with Crippen molar-refractivity contribution in [2.75, 3.05) is 4.90 Å². The summed E-state index contributed by atoms with van der Waals surface area (Å²) in [6.45, 7) is 9.44. The molecule has 11 rings (SSSR count). The van der Waals surface area contributed by atoms with Crippen LogP contribution in [0, 0.1) is 0 Å². The fourth-order valence-electron chi connectivity index (χ4n) is 10.2. The van der Waals surface area contributed by atoms with Gasteiger partial charge in [-0.1, -0.05) is 179 Å². The van der Waals surface area contributed by atoms with E-state index in [1.165, 1.54) is 88.3 Å². The second kappa shape index (κ2) is 12.4. The molecule has 0 aliphatic heterocycles. The molecule has 1 nitrogen and oxygen atoms in total. The first-order valence-corrected chi connectivity index (χ1v) is 20.2. The van der Waals surface area contributed by atoms with E-state index in [1.807, 2.05) is 0 Å². The Labute approximate surface area is 335 Å². The van der Waals surface area contributed by atoms with Crippen molar-refractivity contribution in [1.29, 1.82) is 0 Å². The van der Waals surface area contributed by atoms with E-state index in [9.17, 15) is 0 Å². The summed E-state index contributed by atoms with van der Waals surface area (Å²) in [6, 6.07) is 70.0. The maximum Gasteiger partial charge on any atom is 0.0540 e. The molecule has 0 aromatic heterocycles. The molecule has 9 aromatic rings. The van der Waals surface area contributed by atoms with Gasteiger partial charge in [-0.05, 0) is 119 Å². The standard InChI is InChI=1S/C56H43N/c1-55(2)50-20-9-7-15-45(50)47-33-28-39(35-52(47)55)36-23-29-40(30-24-36)57(53-22-12-18-44-42-14-6-5-13-37(42)27-34-48(44)53)41-31-25-38(26-32-41)43-17-11-19-49-46-16-8-10-21-51(46)56(3,4)54(43)49/h5-35H,1-4H3. The summed E-state index contributed by atoms with van der Waals surface area (Å²) in [5, 5.41) is 5.01. The Balaban J connectivity index is 1.03. The van der Waals surface area contributed by atoms with Gasteiger partial charge >= 0.3 is 0 Å². The Bertz CT molecular complexity index is 3050. The molecule has 0 radical (unpaired) electrons. The molecule has 2 aliphatic rings. The minimum Gasteiger partial charge on any atom is -0.310 e. The molecule has 0 saturated heterocycles. The zero-order valence-electron chi connectivity index (χ0n) is 32.8. The monoisotopic (exact) mass is 729 g/mol. The lowest BCUT2D eigenvalue weighted by Gasteiger charge is -2.28. The van der Waals surface area contributed by atoms with Gasteiger partial charge in [0.05, 0.1) is 5.69 Å². The Kier molecular flexibility index (Phi) is 7.32. The van der Waals surface area contributed by atoms with Gasteiger partial charge in [0.25, 0.3) is 0 Å². The Morgan fingerprint density at radius 2 is 0.877 bits per heavy atom. The van der Waals surface area contributed by atoms with Crippen LogP contribution < -0.4 is 4.90 Å². The van der Waals surface area contributed by atoms with E-state index in [0.717, 1.165) is 17.1 Å². The molecule has 9 aromatic carbocycles. The van der Waals surface area contributed by atoms with Gasteiger partial charge in [-0.3, -0.25) is 0 Å². The number of nitrogens with zero attached hydrogens (tertiary/aromatic N) is 1. The Morgan fingerprint density at radius 1 is 0.333 bits per heavy atom. The molecule has 0 bridgehead atoms. The topological polar surface area (TPSA) is 3.24 Å². The molecule has 0 N–H and O–H groups in total. The summed E-state index contributed by atoms with van der Waals surface area (Å²) in [7, 11) is 0. The Morgan fingerprint density at radius 3 is 1.63 bits per heavy atom. The number of rotatable bonds is 5. The van der Waals surface area contributed by atoms with Crippen LogP contribution in [0.3, 0.4) is 0 Å². The SMILES string of the molecule is CC1(C)c2ccccc2-c2ccc(-c3ccc(N(c4ccc(-c5cccc6c5C(C)(C)c5ccccc5-6)cc4)c4cccc5c4ccc4ccccc45)cc3)cc21. The van der Waals surface area contributed by atoms with Crippen molar-refractivity contribution in [2.24, 2.45) is 0 Å². The first-order chi connectivity index (χ1) is 27.8. The normalized spacial score (nSPS) is 14.2. The van der Waals surface area contributed by atoms with Crippen LogP contribution in [0.4, 0.5) is 17.1 Å². The van der Waals surface area contributed by atoms with Crippen molar-refractivity contribution in [1.82, 2.24) is 0 Å². The average molecular weight is 730 g/mol. The molecular weight excluding hydrogens is 687 g/mol. The summed E-state index contributed by atoms with van der Waals surface area (Å²) in [5.41, 5.74) is 19.3. The smallest absolute Gasteiger partial charge is 0.0540 e. The lowest BCUT2D eigenvalue weighted by molar-refractivity contribution is 0.660. The molecule has 0 spiro atoms. The van der Waals surface area contributed by atoms with Crippen molar-refractivity contribution in [3.63, 3.8) is 0 Å². The lowest BCUT2D eigenvalue weighted by Crippen LogP contribution is -2.16. The van der Waals surface area contributed by atoms with Crippen LogP contribution >= 0.6 is 0 Å². The molecule has 0 saturated carbocycles. The van der Waals surface area contributed by atoms with E-state index in [-0.39, 0.29) is 10.8 Å². The van der Waals surface area contributed by atoms with Crippen LogP contribution in [0.15, 0.2) is 188 Å². The van der Waals surface area contributed by atoms with Gasteiger partial charge in [0.15, 0.2) is 0 Å². The van der Waals surface area contributed by atoms with Gasteiger partial charge in [0.1, 0.15) is 0 Å². The van der Waals surface area contributed by atoms with Crippen molar-refractivity contribution in [3.05, 3.63) is 210 Å². The molecule has 57 heavy (non-hydrogen) atoms. The third-order valence-electron chi connectivity index (χ3n) is 13.1. The van der Waals surface area contributed by atoms with Crippen LogP contribution in [0.25, 0.3) is 66.1 Å². The molecule has 0 unspecified atom stereocenters. The predicted molar refractivity (Wildman–Crippen MR) is 242 cm³/mol. The third-order valence-corrected chi connectivity index (χ3v) is 13.1. The van der Waals surface area contributed by atoms with Crippen LogP contribution in [-0.2, 0) is 10.8 Å². The summed E-state index contributed by atoms with van der Waals surface area (Å²) in [6.07, 6.45) is 0. The predicted octanol–water partition coefficient (Wildman–Crippen LogP) is 15.4. The second-order valence-electron chi connectivity index (χ2n) is 16.9. The third kappa shape index (κ3) is 5.02. The summed E-state index contributed by atoms with van der Waals surface area (Å²) in [5.74, 6) is 0. The highest BCUT2D eigenvalue weighted by molar-refractivity contribution is 6.12. The maximum absolute atomic E-state index is 2.43. The molecule has 0 amide bonds. The number of hydrogen-bond donors (Lipinski definition) is 0. The van der Waals surface area contributed by atoms with E-state index in [0.29, 0.717) is 0 Å². The minimum absolute atomic E-state index is 0.0388. The number of benzene rings is 9. The largest absolute Gasteiger partial charge is 0.310 e. The van der Waals surface area contributed by atoms with Crippen molar-refractivity contribution in [3.8, 4) is 44.5 Å². The summed E-state index contributed by atoms with van der Waals surface area (Å²) in [4.78, 5) is 2.43. The van der Waals surface area contributed by atoms with Gasteiger partial charge in [0, 0.05) is 27.6 Å². The molecule has 2 aliphatic carbocycles. The quantitative estimate of drug-likeness (QED) is 0.159. The molecule has 0 atom stereocenters. The summed E-state index contributed by atoms with van der Waals surface area (Å²) < 4.78 is 0. The van der Waals surface area contributed by atoms with Gasteiger partial charge in [-0.15, -0.1) is 0 Å². The minimum atomic E-state index is -0.0841. The highest BCUT2D eigenvalue weighted by atomic mass is 15.1. The van der Waals surface area contributed by atoms with E-state index in [4.69, 9.17) is 0 Å². The van der Waals surface area contributed by atoms with Crippen molar-refractivity contribution >= 4 is 38.6 Å². The fraction of sp³-hybridized carbons (Fsp3) is 0.107. The van der Waals surface area contributed by atoms with Crippen LogP contribution in [0.2, 0.25) is 0 Å². The van der Waals surface area contributed by atoms with E-state index >= 15 is 0 Å². The number of hydrogen-bond acceptors (Lipinski definition) is 1. The van der Waals surface area contributed by atoms with E-state index < -0.39 is 0 Å². The van der Waals surface area contributed by atoms with E-state index in [1.54, 1.807) is 0 Å². The number of fused-ring (bicyclic) bond motifs is 9. The van der Waals surface area contributed by atoms with Crippen LogP contribution in [-0.4, -0.2) is 0 Å². The average Bonchev–Trinajstić information content (AvgIpc) is 3.63. The van der Waals surface area contributed by atoms with Gasteiger partial charge in [-0.2, -0.15) is 0 Å². The molecular formula is C56H43N. The highest BCUT2D eigenvalue weighted by Gasteiger charge is 2.37. The zero-order chi connectivity index (χ0) is 38.5. The van der Waals surface area contributed by atoms with E-state index in [2.05, 4.69) is 221 Å². The molecule has 272 valence electrons. The second-order valence-corrected chi connectivity index (χ2v) is 16.9. The molecule has 1 heteroatoms. The van der Waals surface area contributed by atoms with Crippen molar-refractivity contribution < 1.29 is 0 Å². The first kappa shape index (κ1) is 33.6. The van der Waals surface area contributed by atoms with Gasteiger partial charge < -0.3 is 4.90 Å². The van der Waals surface area contributed by atoms with Gasteiger partial charge in [0.2, 0.25) is 0 Å². The van der Waals surface area contributed by atoms with Crippen molar-refractivity contribution in [2.45, 2.75) is 38.5 Å². The summed E-state index contributed by atoms with van der Waals surface area (Å²) >= 11 is 0. The van der Waals surface area contributed by atoms with Crippen LogP contribution in [0.1, 0.15) is 49.9 Å². The lowest BCUT2D eigenvalue weighted by atomic mass is 9.79. The fourth-order valence-corrected chi connectivity index (χ4v) is 10.2. The highest BCUT2D eigenvalue weighted by Crippen LogP contribution is 2.53. The molecule has 0 fully saturated rings. The Hall–Kier alpha value is -6.70. The maximum atomic E-state index is 2.43. The van der Waals surface area contributed by atoms with Crippen LogP contribution in [0.5, 0.6) is 0 Å². The van der Waals surface area contributed by atoms with Gasteiger partial charge in [-0.25, -0.2) is 0 Å².